The van der Waals surface area contributed by atoms with Crippen molar-refractivity contribution in [1.82, 2.24) is 4.98 Å². The number of rotatable bonds is 3. The molecule has 0 unspecified atom stereocenters. The fourth-order valence-electron chi connectivity index (χ4n) is 2.46. The number of anilines is 1. The SMILES string of the molecule is Cc1cc(NC(=O)c2cc3ccc(Br)cc3[nH]2)c([N+](=O)[O-])cc1C. The van der Waals surface area contributed by atoms with Crippen LogP contribution < -0.4 is 5.32 Å². The maximum atomic E-state index is 12.5. The molecule has 3 rings (SSSR count). The van der Waals surface area contributed by atoms with Crippen LogP contribution in [0.3, 0.4) is 0 Å². The number of hydrogen-bond donors (Lipinski definition) is 2. The summed E-state index contributed by atoms with van der Waals surface area (Å²) >= 11 is 3.38. The molecule has 2 N–H and O–H groups in total. The molecule has 1 amide bonds. The zero-order valence-corrected chi connectivity index (χ0v) is 14.6. The summed E-state index contributed by atoms with van der Waals surface area (Å²) in [4.78, 5) is 26.2. The minimum atomic E-state index is -0.496. The molecule has 7 heteroatoms. The predicted octanol–water partition coefficient (Wildman–Crippen LogP) is 4.71. The average molecular weight is 388 g/mol. The molecule has 3 aromatic rings. The first-order chi connectivity index (χ1) is 11.3. The third-order valence-corrected chi connectivity index (χ3v) is 4.38. The van der Waals surface area contributed by atoms with Crippen LogP contribution in [0.4, 0.5) is 11.4 Å². The first kappa shape index (κ1) is 16.2. The number of nitrogens with zero attached hydrogens (tertiary/aromatic N) is 1. The Bertz CT molecular complexity index is 979. The number of nitro groups is 1. The fourth-order valence-corrected chi connectivity index (χ4v) is 2.82. The minimum Gasteiger partial charge on any atom is -0.350 e. The topological polar surface area (TPSA) is 88.0 Å². The molecule has 6 nitrogen and oxygen atoms in total. The monoisotopic (exact) mass is 387 g/mol. The van der Waals surface area contributed by atoms with E-state index >= 15 is 0 Å². The van der Waals surface area contributed by atoms with Crippen molar-refractivity contribution in [3.8, 4) is 0 Å². The van der Waals surface area contributed by atoms with Crippen molar-refractivity contribution in [3.05, 3.63) is 67.8 Å². The first-order valence-electron chi connectivity index (χ1n) is 7.20. The van der Waals surface area contributed by atoms with Gasteiger partial charge in [-0.15, -0.1) is 0 Å². The van der Waals surface area contributed by atoms with E-state index in [0.717, 1.165) is 26.5 Å². The van der Waals surface area contributed by atoms with Gasteiger partial charge in [0.15, 0.2) is 0 Å². The lowest BCUT2D eigenvalue weighted by molar-refractivity contribution is -0.384. The molecular weight excluding hydrogens is 374 g/mol. The van der Waals surface area contributed by atoms with Gasteiger partial charge >= 0.3 is 0 Å². The van der Waals surface area contributed by atoms with Gasteiger partial charge in [-0.05, 0) is 49.2 Å². The van der Waals surface area contributed by atoms with Crippen LogP contribution in [-0.2, 0) is 0 Å². The van der Waals surface area contributed by atoms with Gasteiger partial charge in [0, 0.05) is 21.4 Å². The highest BCUT2D eigenvalue weighted by Gasteiger charge is 2.19. The molecule has 0 saturated heterocycles. The van der Waals surface area contributed by atoms with Crippen LogP contribution in [0.2, 0.25) is 0 Å². The molecule has 1 heterocycles. The summed E-state index contributed by atoms with van der Waals surface area (Å²) in [6, 6.07) is 10.4. The highest BCUT2D eigenvalue weighted by atomic mass is 79.9. The number of amides is 1. The van der Waals surface area contributed by atoms with Gasteiger partial charge in [0.25, 0.3) is 11.6 Å². The number of nitro benzene ring substituents is 1. The van der Waals surface area contributed by atoms with E-state index in [9.17, 15) is 14.9 Å². The quantitative estimate of drug-likeness (QED) is 0.503. The van der Waals surface area contributed by atoms with Gasteiger partial charge in [-0.1, -0.05) is 22.0 Å². The number of H-pyrrole nitrogens is 1. The molecule has 24 heavy (non-hydrogen) atoms. The number of aryl methyl sites for hydroxylation is 2. The zero-order valence-electron chi connectivity index (χ0n) is 13.0. The standard InChI is InChI=1S/C17H14BrN3O3/c1-9-5-14(16(21(23)24)6-10(9)2)20-17(22)15-7-11-3-4-12(18)8-13(11)19-15/h3-8,19H,1-2H3,(H,20,22). The number of hydrogen-bond acceptors (Lipinski definition) is 3. The lowest BCUT2D eigenvalue weighted by Gasteiger charge is -2.08. The normalized spacial score (nSPS) is 10.8. The smallest absolute Gasteiger partial charge is 0.293 e. The number of aromatic amines is 1. The predicted molar refractivity (Wildman–Crippen MR) is 96.5 cm³/mol. The molecule has 0 atom stereocenters. The zero-order chi connectivity index (χ0) is 17.4. The molecular formula is C17H14BrN3O3. The number of aromatic nitrogens is 1. The Morgan fingerprint density at radius 1 is 1.17 bits per heavy atom. The maximum Gasteiger partial charge on any atom is 0.293 e. The average Bonchev–Trinajstić information content (AvgIpc) is 2.93. The van der Waals surface area contributed by atoms with Gasteiger partial charge < -0.3 is 10.3 Å². The van der Waals surface area contributed by atoms with E-state index in [-0.39, 0.29) is 11.4 Å². The third kappa shape index (κ3) is 3.03. The second kappa shape index (κ2) is 6.09. The Hall–Kier alpha value is -2.67. The lowest BCUT2D eigenvalue weighted by Crippen LogP contribution is -2.13. The van der Waals surface area contributed by atoms with E-state index in [1.807, 2.05) is 25.1 Å². The summed E-state index contributed by atoms with van der Waals surface area (Å²) < 4.78 is 0.897. The van der Waals surface area contributed by atoms with Crippen molar-refractivity contribution in [3.63, 3.8) is 0 Å². The second-order valence-electron chi connectivity index (χ2n) is 5.58. The summed E-state index contributed by atoms with van der Waals surface area (Å²) in [5, 5.41) is 14.7. The highest BCUT2D eigenvalue weighted by molar-refractivity contribution is 9.10. The van der Waals surface area contributed by atoms with Crippen LogP contribution in [0, 0.1) is 24.0 Å². The molecule has 0 fully saturated rings. The van der Waals surface area contributed by atoms with Crippen molar-refractivity contribution >= 4 is 44.1 Å². The van der Waals surface area contributed by atoms with Crippen molar-refractivity contribution < 1.29 is 9.72 Å². The number of nitrogens with one attached hydrogen (secondary N) is 2. The molecule has 0 bridgehead atoms. The van der Waals surface area contributed by atoms with Crippen LogP contribution in [-0.4, -0.2) is 15.8 Å². The Morgan fingerprint density at radius 3 is 2.58 bits per heavy atom. The van der Waals surface area contributed by atoms with E-state index in [0.29, 0.717) is 5.69 Å². The molecule has 0 aliphatic heterocycles. The molecule has 2 aromatic carbocycles. The molecule has 0 aliphatic rings. The van der Waals surface area contributed by atoms with E-state index in [1.165, 1.54) is 6.07 Å². The van der Waals surface area contributed by atoms with E-state index in [4.69, 9.17) is 0 Å². The fraction of sp³-hybridized carbons (Fsp3) is 0.118. The maximum absolute atomic E-state index is 12.5. The number of carbonyl (C=O) groups excluding carboxylic acids is 1. The third-order valence-electron chi connectivity index (χ3n) is 3.89. The minimum absolute atomic E-state index is 0.120. The Balaban J connectivity index is 1.96. The van der Waals surface area contributed by atoms with Crippen LogP contribution in [0.15, 0.2) is 40.9 Å². The Kier molecular flexibility index (Phi) is 4.11. The second-order valence-corrected chi connectivity index (χ2v) is 6.50. The molecule has 1 aromatic heterocycles. The number of benzene rings is 2. The van der Waals surface area contributed by atoms with Crippen LogP contribution >= 0.6 is 15.9 Å². The first-order valence-corrected chi connectivity index (χ1v) is 7.99. The summed E-state index contributed by atoms with van der Waals surface area (Å²) in [7, 11) is 0. The van der Waals surface area contributed by atoms with Crippen molar-refractivity contribution in [2.45, 2.75) is 13.8 Å². The van der Waals surface area contributed by atoms with Crippen molar-refractivity contribution in [2.75, 3.05) is 5.32 Å². The Morgan fingerprint density at radius 2 is 1.88 bits per heavy atom. The number of fused-ring (bicyclic) bond motifs is 1. The van der Waals surface area contributed by atoms with Gasteiger partial charge in [-0.3, -0.25) is 14.9 Å². The van der Waals surface area contributed by atoms with E-state index < -0.39 is 10.8 Å². The van der Waals surface area contributed by atoms with Crippen molar-refractivity contribution in [2.24, 2.45) is 0 Å². The van der Waals surface area contributed by atoms with Crippen LogP contribution in [0.25, 0.3) is 10.9 Å². The van der Waals surface area contributed by atoms with E-state index in [2.05, 4.69) is 26.2 Å². The highest BCUT2D eigenvalue weighted by Crippen LogP contribution is 2.29. The van der Waals surface area contributed by atoms with Crippen LogP contribution in [0.1, 0.15) is 21.6 Å². The molecule has 0 aliphatic carbocycles. The number of halogens is 1. The van der Waals surface area contributed by atoms with E-state index in [1.54, 1.807) is 19.1 Å². The Labute approximate surface area is 146 Å². The largest absolute Gasteiger partial charge is 0.350 e. The molecule has 0 spiro atoms. The molecule has 122 valence electrons. The van der Waals surface area contributed by atoms with Gasteiger partial charge in [-0.25, -0.2) is 0 Å². The van der Waals surface area contributed by atoms with Gasteiger partial charge in [0.1, 0.15) is 11.4 Å². The van der Waals surface area contributed by atoms with Gasteiger partial charge in [0.2, 0.25) is 0 Å². The summed E-state index contributed by atoms with van der Waals surface area (Å²) in [6.07, 6.45) is 0. The lowest BCUT2D eigenvalue weighted by atomic mass is 10.1. The van der Waals surface area contributed by atoms with Gasteiger partial charge in [0.05, 0.1) is 4.92 Å². The molecule has 0 radical (unpaired) electrons. The van der Waals surface area contributed by atoms with Crippen molar-refractivity contribution in [1.29, 1.82) is 0 Å². The molecule has 0 saturated carbocycles. The summed E-state index contributed by atoms with van der Waals surface area (Å²) in [6.45, 7) is 3.64. The number of carbonyl (C=O) groups is 1. The van der Waals surface area contributed by atoms with Gasteiger partial charge in [-0.2, -0.15) is 0 Å². The van der Waals surface area contributed by atoms with Crippen LogP contribution in [0.5, 0.6) is 0 Å². The summed E-state index contributed by atoms with van der Waals surface area (Å²) in [5.41, 5.74) is 2.89. The summed E-state index contributed by atoms with van der Waals surface area (Å²) in [5.74, 6) is -0.423.